The summed E-state index contributed by atoms with van der Waals surface area (Å²) in [7, 11) is 0. The Morgan fingerprint density at radius 3 is 2.15 bits per heavy atom. The van der Waals surface area contributed by atoms with Gasteiger partial charge >= 0.3 is 6.03 Å². The molecule has 26 heavy (non-hydrogen) atoms. The van der Waals surface area contributed by atoms with E-state index >= 15 is 0 Å². The third-order valence-electron chi connectivity index (χ3n) is 3.51. The second-order valence-electron chi connectivity index (χ2n) is 5.78. The first-order chi connectivity index (χ1) is 12.4. The van der Waals surface area contributed by atoms with Gasteiger partial charge in [-0.25, -0.2) is 4.79 Å². The lowest BCUT2D eigenvalue weighted by atomic mass is 10.2. The molecule has 0 fully saturated rings. The van der Waals surface area contributed by atoms with Crippen molar-refractivity contribution >= 4 is 29.2 Å². The molecule has 136 valence electrons. The van der Waals surface area contributed by atoms with Crippen LogP contribution in [0.1, 0.15) is 19.4 Å². The fourth-order valence-corrected chi connectivity index (χ4v) is 2.21. The third kappa shape index (κ3) is 6.27. The average molecular weight is 354 g/mol. The highest BCUT2D eigenvalue weighted by atomic mass is 16.2. The van der Waals surface area contributed by atoms with E-state index in [0.717, 1.165) is 5.56 Å². The van der Waals surface area contributed by atoms with Gasteiger partial charge in [-0.1, -0.05) is 30.3 Å². The van der Waals surface area contributed by atoms with Gasteiger partial charge in [0.05, 0.1) is 0 Å². The van der Waals surface area contributed by atoms with Gasteiger partial charge in [-0.05, 0) is 36.8 Å². The molecule has 7 heteroatoms. The maximum absolute atomic E-state index is 12.1. The summed E-state index contributed by atoms with van der Waals surface area (Å²) >= 11 is 0. The normalized spacial score (nSPS) is 11.2. The number of carbonyl (C=O) groups is 3. The van der Waals surface area contributed by atoms with E-state index in [4.69, 9.17) is 0 Å². The lowest BCUT2D eigenvalue weighted by molar-refractivity contribution is -0.120. The van der Waals surface area contributed by atoms with E-state index in [1.165, 1.54) is 6.92 Å². The number of anilines is 2. The third-order valence-corrected chi connectivity index (χ3v) is 3.51. The maximum atomic E-state index is 12.1. The van der Waals surface area contributed by atoms with Gasteiger partial charge in [0.2, 0.25) is 11.8 Å². The molecular weight excluding hydrogens is 332 g/mol. The Bertz CT molecular complexity index is 760. The summed E-state index contributed by atoms with van der Waals surface area (Å²) in [5.41, 5.74) is 2.31. The average Bonchev–Trinajstić information content (AvgIpc) is 2.62. The Kier molecular flexibility index (Phi) is 6.73. The lowest BCUT2D eigenvalue weighted by Gasteiger charge is -2.15. The van der Waals surface area contributed by atoms with Crippen molar-refractivity contribution in [1.29, 1.82) is 0 Å². The standard InChI is InChI=1S/C19H22N4O3/c1-13(21-16-8-10-17(11-9-16)22-14(2)24)18(25)23-19(26)20-12-15-6-4-3-5-7-15/h3-11,13,21H,12H2,1-2H3,(H,22,24)(H2,20,23,25,26). The van der Waals surface area contributed by atoms with Crippen molar-refractivity contribution in [2.24, 2.45) is 0 Å². The van der Waals surface area contributed by atoms with Crippen LogP contribution in [0.25, 0.3) is 0 Å². The van der Waals surface area contributed by atoms with Gasteiger partial charge in [0.1, 0.15) is 6.04 Å². The van der Waals surface area contributed by atoms with Crippen LogP contribution in [-0.4, -0.2) is 23.9 Å². The van der Waals surface area contributed by atoms with E-state index in [2.05, 4.69) is 21.3 Å². The van der Waals surface area contributed by atoms with E-state index in [-0.39, 0.29) is 5.91 Å². The van der Waals surface area contributed by atoms with Crippen molar-refractivity contribution in [2.75, 3.05) is 10.6 Å². The van der Waals surface area contributed by atoms with Gasteiger partial charge in [-0.2, -0.15) is 0 Å². The molecular formula is C19H22N4O3. The zero-order valence-corrected chi connectivity index (χ0v) is 14.7. The highest BCUT2D eigenvalue weighted by molar-refractivity contribution is 5.98. The Balaban J connectivity index is 1.79. The molecule has 0 spiro atoms. The van der Waals surface area contributed by atoms with Crippen LogP contribution in [-0.2, 0) is 16.1 Å². The number of hydrogen-bond donors (Lipinski definition) is 4. The molecule has 1 unspecified atom stereocenters. The molecule has 0 bridgehead atoms. The van der Waals surface area contributed by atoms with Crippen LogP contribution in [0.5, 0.6) is 0 Å². The minimum absolute atomic E-state index is 0.153. The number of rotatable bonds is 6. The van der Waals surface area contributed by atoms with Crippen LogP contribution < -0.4 is 21.3 Å². The molecule has 0 aromatic heterocycles. The Hall–Kier alpha value is -3.35. The minimum Gasteiger partial charge on any atom is -0.374 e. The van der Waals surface area contributed by atoms with Crippen molar-refractivity contribution in [2.45, 2.75) is 26.4 Å². The van der Waals surface area contributed by atoms with Gasteiger partial charge < -0.3 is 16.0 Å². The smallest absolute Gasteiger partial charge is 0.321 e. The van der Waals surface area contributed by atoms with Gasteiger partial charge in [0.25, 0.3) is 0 Å². The minimum atomic E-state index is -0.607. The molecule has 1 atom stereocenters. The monoisotopic (exact) mass is 354 g/mol. The summed E-state index contributed by atoms with van der Waals surface area (Å²) in [6.45, 7) is 3.43. The molecule has 4 amide bonds. The van der Waals surface area contributed by atoms with E-state index in [0.29, 0.717) is 17.9 Å². The SMILES string of the molecule is CC(=O)Nc1ccc(NC(C)C(=O)NC(=O)NCc2ccccc2)cc1. The van der Waals surface area contributed by atoms with Crippen LogP contribution in [0.3, 0.4) is 0 Å². The lowest BCUT2D eigenvalue weighted by Crippen LogP contribution is -2.45. The topological polar surface area (TPSA) is 99.3 Å². The maximum Gasteiger partial charge on any atom is 0.321 e. The molecule has 7 nitrogen and oxygen atoms in total. The predicted octanol–water partition coefficient (Wildman–Crippen LogP) is 2.47. The molecule has 0 radical (unpaired) electrons. The molecule has 2 aromatic rings. The highest BCUT2D eigenvalue weighted by Crippen LogP contribution is 2.14. The van der Waals surface area contributed by atoms with Crippen LogP contribution in [0, 0.1) is 0 Å². The Morgan fingerprint density at radius 2 is 1.54 bits per heavy atom. The second kappa shape index (κ2) is 9.22. The summed E-state index contributed by atoms with van der Waals surface area (Å²) in [6.07, 6.45) is 0. The van der Waals surface area contributed by atoms with Crippen LogP contribution >= 0.6 is 0 Å². The fraction of sp³-hybridized carbons (Fsp3) is 0.211. The van der Waals surface area contributed by atoms with Crippen molar-refractivity contribution in [3.63, 3.8) is 0 Å². The van der Waals surface area contributed by atoms with E-state index in [1.807, 2.05) is 30.3 Å². The summed E-state index contributed by atoms with van der Waals surface area (Å²) in [4.78, 5) is 34.9. The molecule has 2 aromatic carbocycles. The summed E-state index contributed by atoms with van der Waals surface area (Å²) in [5, 5.41) is 10.6. The fourth-order valence-electron chi connectivity index (χ4n) is 2.21. The molecule has 0 aliphatic carbocycles. The van der Waals surface area contributed by atoms with Gasteiger partial charge in [-0.3, -0.25) is 14.9 Å². The first kappa shape index (κ1) is 19.0. The number of benzene rings is 2. The number of urea groups is 1. The van der Waals surface area contributed by atoms with Crippen LogP contribution in [0.2, 0.25) is 0 Å². The van der Waals surface area contributed by atoms with Crippen molar-refractivity contribution in [3.05, 3.63) is 60.2 Å². The summed E-state index contributed by atoms with van der Waals surface area (Å²) in [6, 6.07) is 15.2. The Morgan fingerprint density at radius 1 is 0.923 bits per heavy atom. The number of carbonyl (C=O) groups excluding carboxylic acids is 3. The highest BCUT2D eigenvalue weighted by Gasteiger charge is 2.15. The largest absolute Gasteiger partial charge is 0.374 e. The summed E-state index contributed by atoms with van der Waals surface area (Å²) < 4.78 is 0. The molecule has 2 rings (SSSR count). The van der Waals surface area contributed by atoms with E-state index in [9.17, 15) is 14.4 Å². The first-order valence-corrected chi connectivity index (χ1v) is 8.21. The van der Waals surface area contributed by atoms with Crippen molar-refractivity contribution in [3.8, 4) is 0 Å². The first-order valence-electron chi connectivity index (χ1n) is 8.21. The second-order valence-corrected chi connectivity index (χ2v) is 5.78. The molecule has 0 saturated heterocycles. The van der Waals surface area contributed by atoms with Crippen molar-refractivity contribution < 1.29 is 14.4 Å². The number of hydrogen-bond acceptors (Lipinski definition) is 4. The predicted molar refractivity (Wildman–Crippen MR) is 101 cm³/mol. The van der Waals surface area contributed by atoms with E-state index < -0.39 is 18.0 Å². The number of amides is 4. The van der Waals surface area contributed by atoms with Crippen LogP contribution in [0.4, 0.5) is 16.2 Å². The van der Waals surface area contributed by atoms with Gasteiger partial charge in [0, 0.05) is 24.8 Å². The Labute approximate surface area is 152 Å². The molecule has 0 heterocycles. The number of imide groups is 1. The van der Waals surface area contributed by atoms with Crippen molar-refractivity contribution in [1.82, 2.24) is 10.6 Å². The van der Waals surface area contributed by atoms with Gasteiger partial charge in [0.15, 0.2) is 0 Å². The molecule has 0 aliphatic rings. The van der Waals surface area contributed by atoms with E-state index in [1.54, 1.807) is 31.2 Å². The quantitative estimate of drug-likeness (QED) is 0.640. The zero-order valence-electron chi connectivity index (χ0n) is 14.7. The van der Waals surface area contributed by atoms with Gasteiger partial charge in [-0.15, -0.1) is 0 Å². The zero-order chi connectivity index (χ0) is 18.9. The van der Waals surface area contributed by atoms with Crippen LogP contribution in [0.15, 0.2) is 54.6 Å². The number of nitrogens with one attached hydrogen (secondary N) is 4. The molecule has 0 aliphatic heterocycles. The molecule has 4 N–H and O–H groups in total. The molecule has 0 saturated carbocycles. The summed E-state index contributed by atoms with van der Waals surface area (Å²) in [5.74, 6) is -0.596.